The van der Waals surface area contributed by atoms with Gasteiger partial charge in [-0.1, -0.05) is 12.1 Å². The topological polar surface area (TPSA) is 82.0 Å². The molecule has 4 N–H and O–H groups in total. The van der Waals surface area contributed by atoms with Gasteiger partial charge in [-0.15, -0.1) is 11.3 Å². The van der Waals surface area contributed by atoms with E-state index in [-0.39, 0.29) is 0 Å². The van der Waals surface area contributed by atoms with Gasteiger partial charge in [0.2, 0.25) is 0 Å². The highest BCUT2D eigenvalue weighted by molar-refractivity contribution is 7.19. The van der Waals surface area contributed by atoms with Crippen LogP contribution in [0.2, 0.25) is 0 Å². The molecule has 1 heterocycles. The van der Waals surface area contributed by atoms with Gasteiger partial charge in [-0.3, -0.25) is 4.79 Å². The number of hydrogen-bond acceptors (Lipinski definition) is 4. The molecule has 1 amide bonds. The lowest BCUT2D eigenvalue weighted by molar-refractivity contribution is -0.112. The molecule has 0 bridgehead atoms. The van der Waals surface area contributed by atoms with Crippen molar-refractivity contribution < 1.29 is 4.79 Å². The van der Waals surface area contributed by atoms with Gasteiger partial charge in [-0.2, -0.15) is 0 Å². The van der Waals surface area contributed by atoms with Crippen LogP contribution in [-0.4, -0.2) is 10.9 Å². The first-order chi connectivity index (χ1) is 7.59. The van der Waals surface area contributed by atoms with Gasteiger partial charge in [0.05, 0.1) is 15.8 Å². The normalized spacial score (nSPS) is 12.6. The zero-order valence-corrected chi connectivity index (χ0v) is 9.54. The minimum absolute atomic E-state index is 0.307. The standard InChI is InChI=1S/C11H11N3OS/c1-6(12)9(10(13)15)11-14-7-4-2-3-5-8(7)16-11/h2-5H,12H2,1H3,(H2,13,15)/b9-6-. The number of fused-ring (bicyclic) bond motifs is 1. The quantitative estimate of drug-likeness (QED) is 0.770. The highest BCUT2D eigenvalue weighted by Gasteiger charge is 2.15. The van der Waals surface area contributed by atoms with Crippen molar-refractivity contribution in [3.8, 4) is 0 Å². The fourth-order valence-corrected chi connectivity index (χ4v) is 2.53. The zero-order valence-electron chi connectivity index (χ0n) is 8.73. The molecule has 2 aromatic rings. The van der Waals surface area contributed by atoms with Crippen molar-refractivity contribution >= 4 is 33.0 Å². The van der Waals surface area contributed by atoms with Crippen molar-refractivity contribution in [1.29, 1.82) is 0 Å². The number of nitrogens with zero attached hydrogens (tertiary/aromatic N) is 1. The van der Waals surface area contributed by atoms with E-state index in [0.29, 0.717) is 16.3 Å². The maximum atomic E-state index is 11.3. The van der Waals surface area contributed by atoms with Crippen LogP contribution in [0, 0.1) is 0 Å². The van der Waals surface area contributed by atoms with Gasteiger partial charge >= 0.3 is 0 Å². The fourth-order valence-electron chi connectivity index (χ4n) is 1.45. The van der Waals surface area contributed by atoms with Crippen molar-refractivity contribution in [2.24, 2.45) is 11.5 Å². The molecule has 82 valence electrons. The first-order valence-electron chi connectivity index (χ1n) is 4.71. The number of thiazole rings is 1. The molecule has 1 aromatic carbocycles. The number of hydrogen-bond donors (Lipinski definition) is 2. The Kier molecular flexibility index (Phi) is 2.62. The maximum absolute atomic E-state index is 11.3. The number of nitrogens with two attached hydrogens (primary N) is 2. The molecule has 0 atom stereocenters. The molecule has 0 saturated heterocycles. The van der Waals surface area contributed by atoms with Gasteiger partial charge in [-0.05, 0) is 19.1 Å². The lowest BCUT2D eigenvalue weighted by atomic mass is 10.2. The second kappa shape index (κ2) is 3.94. The predicted molar refractivity (Wildman–Crippen MR) is 65.6 cm³/mol. The smallest absolute Gasteiger partial charge is 0.253 e. The number of benzene rings is 1. The lowest BCUT2D eigenvalue weighted by Crippen LogP contribution is -2.16. The van der Waals surface area contributed by atoms with E-state index in [1.807, 2.05) is 24.3 Å². The van der Waals surface area contributed by atoms with E-state index < -0.39 is 5.91 Å². The third kappa shape index (κ3) is 1.77. The van der Waals surface area contributed by atoms with Crippen molar-refractivity contribution in [2.45, 2.75) is 6.92 Å². The van der Waals surface area contributed by atoms with Crippen LogP contribution in [0.4, 0.5) is 0 Å². The van der Waals surface area contributed by atoms with Crippen LogP contribution in [0.3, 0.4) is 0 Å². The highest BCUT2D eigenvalue weighted by Crippen LogP contribution is 2.27. The molecule has 0 fully saturated rings. The van der Waals surface area contributed by atoms with E-state index in [1.165, 1.54) is 11.3 Å². The van der Waals surface area contributed by atoms with E-state index in [4.69, 9.17) is 11.5 Å². The van der Waals surface area contributed by atoms with Crippen LogP contribution in [0.5, 0.6) is 0 Å². The molecule has 5 heteroatoms. The number of allylic oxidation sites excluding steroid dienone is 1. The monoisotopic (exact) mass is 233 g/mol. The number of carbonyl (C=O) groups excluding carboxylic acids is 1. The molecule has 0 radical (unpaired) electrons. The molecule has 4 nitrogen and oxygen atoms in total. The summed E-state index contributed by atoms with van der Waals surface area (Å²) in [7, 11) is 0. The molecule has 0 aliphatic heterocycles. The van der Waals surface area contributed by atoms with Crippen LogP contribution < -0.4 is 11.5 Å². The summed E-state index contributed by atoms with van der Waals surface area (Å²) in [6, 6.07) is 7.66. The van der Waals surface area contributed by atoms with E-state index in [0.717, 1.165) is 10.2 Å². The molecule has 0 aliphatic carbocycles. The van der Waals surface area contributed by atoms with Crippen molar-refractivity contribution in [3.05, 3.63) is 35.0 Å². The maximum Gasteiger partial charge on any atom is 0.253 e. The number of amides is 1. The molecule has 0 aliphatic rings. The van der Waals surface area contributed by atoms with Crippen molar-refractivity contribution in [3.63, 3.8) is 0 Å². The summed E-state index contributed by atoms with van der Waals surface area (Å²) in [5.41, 5.74) is 12.5. The van der Waals surface area contributed by atoms with Gasteiger partial charge < -0.3 is 11.5 Å². The van der Waals surface area contributed by atoms with E-state index in [2.05, 4.69) is 4.98 Å². The molecule has 0 saturated carbocycles. The lowest BCUT2D eigenvalue weighted by Gasteiger charge is -2.00. The van der Waals surface area contributed by atoms with E-state index >= 15 is 0 Å². The Hall–Kier alpha value is -1.88. The molecule has 16 heavy (non-hydrogen) atoms. The first kappa shape index (κ1) is 10.6. The summed E-state index contributed by atoms with van der Waals surface area (Å²) in [6.45, 7) is 1.64. The molecule has 0 spiro atoms. The Balaban J connectivity index is 2.63. The summed E-state index contributed by atoms with van der Waals surface area (Å²) in [5.74, 6) is -0.543. The van der Waals surface area contributed by atoms with Gasteiger partial charge in [-0.25, -0.2) is 4.98 Å². The van der Waals surface area contributed by atoms with E-state index in [9.17, 15) is 4.79 Å². The summed E-state index contributed by atoms with van der Waals surface area (Å²) in [4.78, 5) is 15.6. The second-order valence-corrected chi connectivity index (χ2v) is 4.44. The first-order valence-corrected chi connectivity index (χ1v) is 5.53. The number of carbonyl (C=O) groups is 1. The van der Waals surface area contributed by atoms with Gasteiger partial charge in [0.1, 0.15) is 5.01 Å². The van der Waals surface area contributed by atoms with Crippen LogP contribution >= 0.6 is 11.3 Å². The minimum atomic E-state index is -0.543. The predicted octanol–water partition coefficient (Wildman–Crippen LogP) is 1.47. The average molecular weight is 233 g/mol. The molecule has 1 aromatic heterocycles. The SMILES string of the molecule is C/C(N)=C(\C(N)=O)c1nc2ccccc2s1. The van der Waals surface area contributed by atoms with Crippen LogP contribution in [0.15, 0.2) is 30.0 Å². The Labute approximate surface area is 96.6 Å². The Morgan fingerprint density at radius 2 is 2.00 bits per heavy atom. The number of aromatic nitrogens is 1. The molecular weight excluding hydrogens is 222 g/mol. The van der Waals surface area contributed by atoms with Gasteiger partial charge in [0.25, 0.3) is 5.91 Å². The van der Waals surface area contributed by atoms with Gasteiger partial charge in [0.15, 0.2) is 0 Å². The van der Waals surface area contributed by atoms with Crippen molar-refractivity contribution in [2.75, 3.05) is 0 Å². The average Bonchev–Trinajstić information content (AvgIpc) is 2.58. The number of primary amides is 1. The van der Waals surface area contributed by atoms with Gasteiger partial charge in [0, 0.05) is 5.70 Å². The van der Waals surface area contributed by atoms with Crippen molar-refractivity contribution in [1.82, 2.24) is 4.98 Å². The van der Waals surface area contributed by atoms with Crippen LogP contribution in [0.25, 0.3) is 15.8 Å². The number of rotatable bonds is 2. The third-order valence-electron chi connectivity index (χ3n) is 2.15. The Morgan fingerprint density at radius 1 is 1.31 bits per heavy atom. The van der Waals surface area contributed by atoms with Crippen LogP contribution in [0.1, 0.15) is 11.9 Å². The minimum Gasteiger partial charge on any atom is -0.402 e. The fraction of sp³-hybridized carbons (Fsp3) is 0.0909. The summed E-state index contributed by atoms with van der Waals surface area (Å²) in [6.07, 6.45) is 0. The molecular formula is C11H11N3OS. The highest BCUT2D eigenvalue weighted by atomic mass is 32.1. The zero-order chi connectivity index (χ0) is 11.7. The Bertz CT molecular complexity index is 549. The Morgan fingerprint density at radius 3 is 2.56 bits per heavy atom. The molecule has 2 rings (SSSR count). The molecule has 0 unspecified atom stereocenters. The van der Waals surface area contributed by atoms with E-state index in [1.54, 1.807) is 6.92 Å². The third-order valence-corrected chi connectivity index (χ3v) is 3.20. The summed E-state index contributed by atoms with van der Waals surface area (Å²) < 4.78 is 1.01. The summed E-state index contributed by atoms with van der Waals surface area (Å²) >= 11 is 1.41. The largest absolute Gasteiger partial charge is 0.402 e. The number of para-hydroxylation sites is 1. The second-order valence-electron chi connectivity index (χ2n) is 3.41. The summed E-state index contributed by atoms with van der Waals surface area (Å²) in [5, 5.41) is 0.578. The van der Waals surface area contributed by atoms with Crippen LogP contribution in [-0.2, 0) is 4.79 Å².